The minimum absolute atomic E-state index is 0.00251. The molecule has 3 aliphatic rings. The molecule has 27 heavy (non-hydrogen) atoms. The van der Waals surface area contributed by atoms with Crippen LogP contribution in [0.1, 0.15) is 29.2 Å². The second-order valence-corrected chi connectivity index (χ2v) is 7.83. The highest BCUT2D eigenvalue weighted by Gasteiger charge is 2.42. The van der Waals surface area contributed by atoms with E-state index in [-0.39, 0.29) is 24.1 Å². The minimum Gasteiger partial charge on any atom is -0.444 e. The van der Waals surface area contributed by atoms with E-state index in [0.29, 0.717) is 12.5 Å². The Labute approximate surface area is 158 Å². The summed E-state index contributed by atoms with van der Waals surface area (Å²) in [5.74, 6) is 0.197. The Morgan fingerprint density at radius 1 is 1.04 bits per heavy atom. The van der Waals surface area contributed by atoms with Crippen LogP contribution in [0.3, 0.4) is 0 Å². The lowest BCUT2D eigenvalue weighted by Gasteiger charge is -2.38. The first-order chi connectivity index (χ1) is 13.2. The fraction of sp³-hybridized carbons (Fsp3) is 0.409. The number of halogens is 1. The summed E-state index contributed by atoms with van der Waals surface area (Å²) in [4.78, 5) is 17.3. The summed E-state index contributed by atoms with van der Waals surface area (Å²) in [6, 6.07) is 14.4. The molecular weight excluding hydrogens is 343 g/mol. The van der Waals surface area contributed by atoms with Crippen LogP contribution in [0.5, 0.6) is 0 Å². The standard InChI is InChI=1S/C22H23FN2O2/c23-18-7-5-16(6-8-18)21-19-4-2-1-3-15(19)10-12-25(21)22(26)27-20-14-24-11-9-17(20)13-24/h1-8,17,20-21H,9-14H2/t17-,20-,21+/m1/s1. The second kappa shape index (κ2) is 6.64. The van der Waals surface area contributed by atoms with Gasteiger partial charge in [-0.25, -0.2) is 9.18 Å². The van der Waals surface area contributed by atoms with Gasteiger partial charge >= 0.3 is 6.09 Å². The lowest BCUT2D eigenvalue weighted by molar-refractivity contribution is 0.0332. The van der Waals surface area contributed by atoms with Crippen LogP contribution in [0.2, 0.25) is 0 Å². The summed E-state index contributed by atoms with van der Waals surface area (Å²) in [5.41, 5.74) is 3.25. The zero-order valence-corrected chi connectivity index (χ0v) is 15.2. The highest BCUT2D eigenvalue weighted by atomic mass is 19.1. The van der Waals surface area contributed by atoms with Crippen molar-refractivity contribution in [3.63, 3.8) is 0 Å². The van der Waals surface area contributed by atoms with E-state index in [1.807, 2.05) is 17.0 Å². The number of hydrogen-bond donors (Lipinski definition) is 0. The maximum atomic E-state index is 13.5. The quantitative estimate of drug-likeness (QED) is 0.814. The molecule has 0 aromatic heterocycles. The van der Waals surface area contributed by atoms with Gasteiger partial charge in [0.05, 0.1) is 6.04 Å². The van der Waals surface area contributed by atoms with Crippen molar-refractivity contribution in [3.8, 4) is 0 Å². The number of nitrogens with zero attached hydrogens (tertiary/aromatic N) is 2. The van der Waals surface area contributed by atoms with Gasteiger partial charge in [-0.2, -0.15) is 0 Å². The predicted molar refractivity (Wildman–Crippen MR) is 99.9 cm³/mol. The fourth-order valence-corrected chi connectivity index (χ4v) is 4.83. The largest absolute Gasteiger partial charge is 0.444 e. The zero-order valence-electron chi connectivity index (χ0n) is 15.2. The molecule has 3 aliphatic heterocycles. The summed E-state index contributed by atoms with van der Waals surface area (Å²) in [7, 11) is 0. The fourth-order valence-electron chi connectivity index (χ4n) is 4.83. The van der Waals surface area contributed by atoms with Crippen molar-refractivity contribution < 1.29 is 13.9 Å². The molecular formula is C22H23FN2O2. The van der Waals surface area contributed by atoms with E-state index >= 15 is 0 Å². The average Bonchev–Trinajstić information content (AvgIpc) is 3.31. The molecule has 4 atom stereocenters. The van der Waals surface area contributed by atoms with Crippen LogP contribution in [0, 0.1) is 11.7 Å². The van der Waals surface area contributed by atoms with Crippen molar-refractivity contribution in [2.24, 2.45) is 5.92 Å². The average molecular weight is 366 g/mol. The Hall–Kier alpha value is -2.40. The van der Waals surface area contributed by atoms with Gasteiger partial charge in [0.25, 0.3) is 0 Å². The van der Waals surface area contributed by atoms with Crippen LogP contribution in [0.25, 0.3) is 0 Å². The molecule has 0 aliphatic carbocycles. The van der Waals surface area contributed by atoms with Crippen LogP contribution in [0.4, 0.5) is 9.18 Å². The van der Waals surface area contributed by atoms with E-state index in [2.05, 4.69) is 17.0 Å². The molecule has 3 heterocycles. The monoisotopic (exact) mass is 366 g/mol. The van der Waals surface area contributed by atoms with Gasteiger partial charge in [0.2, 0.25) is 0 Å². The number of benzene rings is 2. The van der Waals surface area contributed by atoms with Crippen LogP contribution in [-0.2, 0) is 11.2 Å². The summed E-state index contributed by atoms with van der Waals surface area (Å²) < 4.78 is 19.4. The van der Waals surface area contributed by atoms with Gasteiger partial charge in [-0.15, -0.1) is 0 Å². The van der Waals surface area contributed by atoms with Crippen molar-refractivity contribution in [1.29, 1.82) is 0 Å². The van der Waals surface area contributed by atoms with Crippen molar-refractivity contribution in [1.82, 2.24) is 9.80 Å². The molecule has 2 saturated heterocycles. The number of amides is 1. The molecule has 0 saturated carbocycles. The van der Waals surface area contributed by atoms with E-state index < -0.39 is 0 Å². The third kappa shape index (κ3) is 3.00. The normalized spacial score (nSPS) is 28.9. The molecule has 1 unspecified atom stereocenters. The zero-order chi connectivity index (χ0) is 18.4. The number of hydrogen-bond acceptors (Lipinski definition) is 3. The topological polar surface area (TPSA) is 32.8 Å². The van der Waals surface area contributed by atoms with E-state index in [1.165, 1.54) is 17.7 Å². The summed E-state index contributed by atoms with van der Waals surface area (Å²) in [6.45, 7) is 3.62. The SMILES string of the molecule is O=C(O[C@@H]1CN2CC[C@@H]1C2)N1CCc2ccccc2[C@@H]1c1ccc(F)cc1. The number of fused-ring (bicyclic) bond motifs is 3. The molecule has 0 N–H and O–H groups in total. The number of ether oxygens (including phenoxy) is 1. The predicted octanol–water partition coefficient (Wildman–Crippen LogP) is 3.61. The van der Waals surface area contributed by atoms with Gasteiger partial charge < -0.3 is 4.74 Å². The molecule has 0 radical (unpaired) electrons. The lowest BCUT2D eigenvalue weighted by Crippen LogP contribution is -2.44. The molecule has 4 nitrogen and oxygen atoms in total. The number of carbonyl (C=O) groups is 1. The second-order valence-electron chi connectivity index (χ2n) is 7.83. The van der Waals surface area contributed by atoms with Crippen LogP contribution >= 0.6 is 0 Å². The molecule has 2 fully saturated rings. The maximum absolute atomic E-state index is 13.5. The molecule has 2 aromatic carbocycles. The van der Waals surface area contributed by atoms with Crippen molar-refractivity contribution in [3.05, 3.63) is 71.0 Å². The van der Waals surface area contributed by atoms with E-state index in [9.17, 15) is 9.18 Å². The Bertz CT molecular complexity index is 854. The van der Waals surface area contributed by atoms with E-state index in [4.69, 9.17) is 4.74 Å². The van der Waals surface area contributed by atoms with Gasteiger partial charge in [-0.3, -0.25) is 9.80 Å². The summed E-state index contributed by atoms with van der Waals surface area (Å²) in [5, 5.41) is 0. The molecule has 2 aromatic rings. The van der Waals surface area contributed by atoms with Crippen molar-refractivity contribution >= 4 is 6.09 Å². The first-order valence-electron chi connectivity index (χ1n) is 9.72. The van der Waals surface area contributed by atoms with Crippen molar-refractivity contribution in [2.45, 2.75) is 25.0 Å². The lowest BCUT2D eigenvalue weighted by atomic mass is 9.88. The Morgan fingerprint density at radius 3 is 2.59 bits per heavy atom. The number of rotatable bonds is 2. The highest BCUT2D eigenvalue weighted by Crippen LogP contribution is 2.37. The van der Waals surface area contributed by atoms with Gasteiger partial charge in [-0.1, -0.05) is 36.4 Å². The van der Waals surface area contributed by atoms with Crippen LogP contribution < -0.4 is 0 Å². The highest BCUT2D eigenvalue weighted by molar-refractivity contribution is 5.70. The molecule has 5 rings (SSSR count). The first kappa shape index (κ1) is 16.8. The molecule has 2 bridgehead atoms. The first-order valence-corrected chi connectivity index (χ1v) is 9.72. The van der Waals surface area contributed by atoms with Crippen LogP contribution in [-0.4, -0.2) is 48.2 Å². The Morgan fingerprint density at radius 2 is 1.85 bits per heavy atom. The Balaban J connectivity index is 1.45. The molecule has 140 valence electrons. The van der Waals surface area contributed by atoms with Crippen molar-refractivity contribution in [2.75, 3.05) is 26.2 Å². The maximum Gasteiger partial charge on any atom is 0.410 e. The summed E-state index contributed by atoms with van der Waals surface area (Å²) >= 11 is 0. The van der Waals surface area contributed by atoms with Crippen LogP contribution in [0.15, 0.2) is 48.5 Å². The number of carbonyl (C=O) groups excluding carboxylic acids is 1. The van der Waals surface area contributed by atoms with Gasteiger partial charge in [-0.05, 0) is 48.2 Å². The minimum atomic E-state index is -0.270. The third-order valence-corrected chi connectivity index (χ3v) is 6.23. The molecule has 1 amide bonds. The smallest absolute Gasteiger partial charge is 0.410 e. The molecule has 0 spiro atoms. The summed E-state index contributed by atoms with van der Waals surface area (Å²) in [6.07, 6.45) is 1.67. The molecule has 5 heteroatoms. The Kier molecular flexibility index (Phi) is 4.12. The number of piperidine rings is 1. The third-order valence-electron chi connectivity index (χ3n) is 6.23. The van der Waals surface area contributed by atoms with Gasteiger partial charge in [0.1, 0.15) is 11.9 Å². The van der Waals surface area contributed by atoms with E-state index in [0.717, 1.165) is 43.6 Å². The van der Waals surface area contributed by atoms with Gasteiger partial charge in [0.15, 0.2) is 0 Å². The van der Waals surface area contributed by atoms with E-state index in [1.54, 1.807) is 12.1 Å². The van der Waals surface area contributed by atoms with Gasteiger partial charge in [0, 0.05) is 25.6 Å².